The van der Waals surface area contributed by atoms with Gasteiger partial charge in [0.05, 0.1) is 18.7 Å². The monoisotopic (exact) mass is 408 g/mol. The van der Waals surface area contributed by atoms with Gasteiger partial charge in [-0.15, -0.1) is 0 Å². The Hall–Kier alpha value is -3.17. The normalized spacial score (nSPS) is 14.2. The largest absolute Gasteiger partial charge is 0.378 e. The van der Waals surface area contributed by atoms with E-state index in [0.717, 1.165) is 38.2 Å². The van der Waals surface area contributed by atoms with E-state index in [1.807, 2.05) is 6.20 Å². The third kappa shape index (κ3) is 3.82. The fourth-order valence-electron chi connectivity index (χ4n) is 4.66. The van der Waals surface area contributed by atoms with Crippen LogP contribution in [0.1, 0.15) is 18.1 Å². The molecule has 0 radical (unpaired) electrons. The molecule has 0 amide bonds. The highest BCUT2D eigenvalue weighted by Gasteiger charge is 2.16. The van der Waals surface area contributed by atoms with Crippen molar-refractivity contribution in [3.05, 3.63) is 84.1 Å². The summed E-state index contributed by atoms with van der Waals surface area (Å²) in [5, 5.41) is 1.21. The third-order valence-corrected chi connectivity index (χ3v) is 6.22. The van der Waals surface area contributed by atoms with Gasteiger partial charge in [-0.25, -0.2) is 0 Å². The summed E-state index contributed by atoms with van der Waals surface area (Å²) in [5.74, 6) is 0. The van der Waals surface area contributed by atoms with Crippen LogP contribution < -0.4 is 4.90 Å². The van der Waals surface area contributed by atoms with Crippen molar-refractivity contribution < 1.29 is 4.74 Å². The van der Waals surface area contributed by atoms with Crippen molar-refractivity contribution in [2.24, 2.45) is 0 Å². The lowest BCUT2D eigenvalue weighted by molar-refractivity contribution is 0.123. The molecule has 0 saturated carbocycles. The molecule has 4 aromatic rings. The van der Waals surface area contributed by atoms with Crippen LogP contribution in [0.3, 0.4) is 0 Å². The van der Waals surface area contributed by atoms with Crippen molar-refractivity contribution >= 4 is 16.6 Å². The fourth-order valence-corrected chi connectivity index (χ4v) is 4.66. The Morgan fingerprint density at radius 3 is 2.55 bits per heavy atom. The van der Waals surface area contributed by atoms with Crippen molar-refractivity contribution in [2.75, 3.05) is 31.2 Å². The molecule has 5 rings (SSSR count). The van der Waals surface area contributed by atoms with E-state index in [1.165, 1.54) is 44.5 Å². The molecule has 0 aliphatic carbocycles. The zero-order valence-corrected chi connectivity index (χ0v) is 18.3. The minimum Gasteiger partial charge on any atom is -0.378 e. The zero-order chi connectivity index (χ0) is 21.2. The molecule has 0 bridgehead atoms. The predicted octanol–water partition coefficient (Wildman–Crippen LogP) is 6.28. The quantitative estimate of drug-likeness (QED) is 0.397. The first-order valence-electron chi connectivity index (χ1n) is 11.2. The molecule has 31 heavy (non-hydrogen) atoms. The average molecular weight is 409 g/mol. The van der Waals surface area contributed by atoms with Gasteiger partial charge in [-0.1, -0.05) is 61.0 Å². The van der Waals surface area contributed by atoms with E-state index < -0.39 is 0 Å². The lowest BCUT2D eigenvalue weighted by Crippen LogP contribution is -2.36. The maximum Gasteiger partial charge on any atom is 0.0723 e. The van der Waals surface area contributed by atoms with Gasteiger partial charge in [-0.3, -0.25) is 4.98 Å². The minimum atomic E-state index is 0.777. The van der Waals surface area contributed by atoms with E-state index in [2.05, 4.69) is 90.5 Å². The Labute approximate surface area is 184 Å². The first-order chi connectivity index (χ1) is 15.2. The number of nitrogens with zero attached hydrogens (tertiary/aromatic N) is 2. The molecule has 3 heteroatoms. The molecule has 3 nitrogen and oxygen atoms in total. The Bertz CT molecular complexity index is 1220. The molecule has 1 aromatic heterocycles. The minimum absolute atomic E-state index is 0.777. The highest BCUT2D eigenvalue weighted by Crippen LogP contribution is 2.38. The number of hydrogen-bond donors (Lipinski definition) is 0. The van der Waals surface area contributed by atoms with Crippen molar-refractivity contribution in [1.82, 2.24) is 4.98 Å². The van der Waals surface area contributed by atoms with Crippen LogP contribution >= 0.6 is 0 Å². The summed E-state index contributed by atoms with van der Waals surface area (Å²) in [6, 6.07) is 24.4. The van der Waals surface area contributed by atoms with Gasteiger partial charge in [-0.05, 0) is 59.4 Å². The molecule has 1 aliphatic rings. The van der Waals surface area contributed by atoms with Crippen molar-refractivity contribution in [3.8, 4) is 22.3 Å². The van der Waals surface area contributed by atoms with Gasteiger partial charge >= 0.3 is 0 Å². The van der Waals surface area contributed by atoms with Crippen LogP contribution in [0.4, 0.5) is 5.69 Å². The van der Waals surface area contributed by atoms with Gasteiger partial charge in [0.25, 0.3) is 0 Å². The van der Waals surface area contributed by atoms with E-state index in [4.69, 9.17) is 4.74 Å². The number of rotatable bonds is 4. The van der Waals surface area contributed by atoms with E-state index in [-0.39, 0.29) is 0 Å². The smallest absolute Gasteiger partial charge is 0.0723 e. The van der Waals surface area contributed by atoms with Crippen LogP contribution in [0.5, 0.6) is 0 Å². The van der Waals surface area contributed by atoms with E-state index in [1.54, 1.807) is 0 Å². The molecular formula is C28H28N2O. The van der Waals surface area contributed by atoms with Crippen LogP contribution in [-0.2, 0) is 11.2 Å². The number of aromatic nitrogens is 1. The molecule has 3 aromatic carbocycles. The summed E-state index contributed by atoms with van der Waals surface area (Å²) in [5.41, 5.74) is 10.1. The zero-order valence-electron chi connectivity index (χ0n) is 18.3. The number of anilines is 1. The van der Waals surface area contributed by atoms with Crippen molar-refractivity contribution in [3.63, 3.8) is 0 Å². The van der Waals surface area contributed by atoms with Crippen LogP contribution in [0.15, 0.2) is 72.9 Å². The number of pyridine rings is 1. The van der Waals surface area contributed by atoms with Gasteiger partial charge in [0.1, 0.15) is 0 Å². The Kier molecular flexibility index (Phi) is 5.44. The van der Waals surface area contributed by atoms with Gasteiger partial charge in [0, 0.05) is 30.4 Å². The Morgan fingerprint density at radius 2 is 1.74 bits per heavy atom. The lowest BCUT2D eigenvalue weighted by Gasteiger charge is -2.29. The predicted molar refractivity (Wildman–Crippen MR) is 130 cm³/mol. The standard InChI is InChI=1S/C28H28N2O/c1-3-21-7-5-9-24(28(21)23-8-4-6-20(2)18-23)22-10-11-26-25(19-22)27(12-13-29-26)30-14-16-31-17-15-30/h4-13,18-19H,3,14-17H2,1-2H3. The number of benzene rings is 3. The summed E-state index contributed by atoms with van der Waals surface area (Å²) in [7, 11) is 0. The highest BCUT2D eigenvalue weighted by atomic mass is 16.5. The fraction of sp³-hybridized carbons (Fsp3) is 0.250. The van der Waals surface area contributed by atoms with E-state index >= 15 is 0 Å². The van der Waals surface area contributed by atoms with Crippen molar-refractivity contribution in [2.45, 2.75) is 20.3 Å². The molecule has 1 fully saturated rings. The van der Waals surface area contributed by atoms with Gasteiger partial charge in [-0.2, -0.15) is 0 Å². The first-order valence-corrected chi connectivity index (χ1v) is 11.2. The molecule has 0 atom stereocenters. The van der Waals surface area contributed by atoms with E-state index in [0.29, 0.717) is 0 Å². The third-order valence-electron chi connectivity index (χ3n) is 6.22. The van der Waals surface area contributed by atoms with Crippen LogP contribution in [0.2, 0.25) is 0 Å². The van der Waals surface area contributed by atoms with Gasteiger partial charge in [0.2, 0.25) is 0 Å². The SMILES string of the molecule is CCc1cccc(-c2ccc3nccc(N4CCOCC4)c3c2)c1-c1cccc(C)c1. The second-order valence-corrected chi connectivity index (χ2v) is 8.22. The average Bonchev–Trinajstić information content (AvgIpc) is 2.83. The Balaban J connectivity index is 1.69. The molecule has 1 aliphatic heterocycles. The number of ether oxygens (including phenoxy) is 1. The molecular weight excluding hydrogens is 380 g/mol. The second-order valence-electron chi connectivity index (χ2n) is 8.22. The van der Waals surface area contributed by atoms with Crippen LogP contribution in [0, 0.1) is 6.92 Å². The summed E-state index contributed by atoms with van der Waals surface area (Å²) < 4.78 is 5.57. The summed E-state index contributed by atoms with van der Waals surface area (Å²) >= 11 is 0. The second kappa shape index (κ2) is 8.52. The number of hydrogen-bond acceptors (Lipinski definition) is 3. The summed E-state index contributed by atoms with van der Waals surface area (Å²) in [4.78, 5) is 7.06. The molecule has 0 unspecified atom stereocenters. The molecule has 1 saturated heterocycles. The number of fused-ring (bicyclic) bond motifs is 1. The molecule has 156 valence electrons. The summed E-state index contributed by atoms with van der Waals surface area (Å²) in [6.07, 6.45) is 2.92. The van der Waals surface area contributed by atoms with Crippen LogP contribution in [-0.4, -0.2) is 31.3 Å². The number of aryl methyl sites for hydroxylation is 2. The maximum atomic E-state index is 5.57. The number of morpholine rings is 1. The van der Waals surface area contributed by atoms with Gasteiger partial charge in [0.15, 0.2) is 0 Å². The lowest BCUT2D eigenvalue weighted by atomic mass is 9.88. The Morgan fingerprint density at radius 1 is 0.903 bits per heavy atom. The molecule has 0 spiro atoms. The molecule has 2 heterocycles. The first kappa shape index (κ1) is 19.8. The maximum absolute atomic E-state index is 5.57. The summed E-state index contributed by atoms with van der Waals surface area (Å²) in [6.45, 7) is 7.79. The molecule has 0 N–H and O–H groups in total. The van der Waals surface area contributed by atoms with Crippen LogP contribution in [0.25, 0.3) is 33.2 Å². The topological polar surface area (TPSA) is 25.4 Å². The van der Waals surface area contributed by atoms with Crippen molar-refractivity contribution in [1.29, 1.82) is 0 Å². The van der Waals surface area contributed by atoms with E-state index in [9.17, 15) is 0 Å². The highest BCUT2D eigenvalue weighted by molar-refractivity contribution is 5.97. The van der Waals surface area contributed by atoms with Gasteiger partial charge < -0.3 is 9.64 Å².